The second-order valence-corrected chi connectivity index (χ2v) is 4.26. The summed E-state index contributed by atoms with van der Waals surface area (Å²) in [4.78, 5) is 0. The number of hydrogen-bond donors (Lipinski definition) is 1. The van der Waals surface area contributed by atoms with Crippen molar-refractivity contribution in [1.29, 1.82) is 0 Å². The molecule has 1 heteroatoms. The molecule has 3 atom stereocenters. The van der Waals surface area contributed by atoms with Gasteiger partial charge in [-0.25, -0.2) is 0 Å². The third-order valence-electron chi connectivity index (χ3n) is 3.58. The van der Waals surface area contributed by atoms with Gasteiger partial charge >= 0.3 is 0 Å². The van der Waals surface area contributed by atoms with Crippen molar-refractivity contribution in [2.24, 2.45) is 5.92 Å². The minimum Gasteiger partial charge on any atom is -0.388 e. The lowest BCUT2D eigenvalue weighted by molar-refractivity contribution is 0.156. The fourth-order valence-electron chi connectivity index (χ4n) is 2.66. The molecule has 1 nitrogen and oxygen atoms in total. The van der Waals surface area contributed by atoms with E-state index in [1.165, 1.54) is 12.0 Å². The van der Waals surface area contributed by atoms with Gasteiger partial charge in [0, 0.05) is 0 Å². The average Bonchev–Trinajstić information content (AvgIpc) is 2.73. The Labute approximate surface area is 72.0 Å². The van der Waals surface area contributed by atoms with Crippen LogP contribution >= 0.6 is 0 Å². The Bertz CT molecular complexity index is 345. The maximum Gasteiger partial charge on any atom is 0.0829 e. The van der Waals surface area contributed by atoms with Gasteiger partial charge in [0.05, 0.1) is 6.10 Å². The maximum absolute atomic E-state index is 9.86. The molecule has 0 aliphatic heterocycles. The van der Waals surface area contributed by atoms with Crippen molar-refractivity contribution in [3.8, 4) is 0 Å². The first kappa shape index (κ1) is 6.67. The van der Waals surface area contributed by atoms with Crippen molar-refractivity contribution in [3.05, 3.63) is 35.4 Å². The van der Waals surface area contributed by atoms with Crippen LogP contribution in [0.4, 0.5) is 0 Å². The predicted molar refractivity (Wildman–Crippen MR) is 46.9 cm³/mol. The summed E-state index contributed by atoms with van der Waals surface area (Å²) in [6, 6.07) is 8.29. The largest absolute Gasteiger partial charge is 0.388 e. The highest BCUT2D eigenvalue weighted by atomic mass is 16.3. The van der Waals surface area contributed by atoms with Crippen LogP contribution in [-0.2, 0) is 5.41 Å². The number of fused-ring (bicyclic) bond motifs is 3. The Kier molecular flexibility index (Phi) is 0.969. The van der Waals surface area contributed by atoms with E-state index in [0.29, 0.717) is 11.3 Å². The summed E-state index contributed by atoms with van der Waals surface area (Å²) in [5, 5.41) is 9.86. The van der Waals surface area contributed by atoms with Crippen LogP contribution in [0.2, 0.25) is 0 Å². The molecule has 62 valence electrons. The maximum atomic E-state index is 9.86. The molecule has 0 radical (unpaired) electrons. The first-order valence-corrected chi connectivity index (χ1v) is 4.51. The quantitative estimate of drug-likeness (QED) is 0.615. The summed E-state index contributed by atoms with van der Waals surface area (Å²) in [5.74, 6) is 0.509. The highest BCUT2D eigenvalue weighted by Gasteiger charge is 2.60. The molecular formula is C11H12O. The van der Waals surface area contributed by atoms with Crippen LogP contribution in [0.25, 0.3) is 0 Å². The fourth-order valence-corrected chi connectivity index (χ4v) is 2.66. The number of rotatable bonds is 0. The number of aliphatic hydroxyl groups excluding tert-OH is 1. The molecule has 1 fully saturated rings. The van der Waals surface area contributed by atoms with Crippen LogP contribution in [-0.4, -0.2) is 5.11 Å². The average molecular weight is 160 g/mol. The SMILES string of the molecule is CC12CC1C(O)c1ccccc12. The van der Waals surface area contributed by atoms with Crippen LogP contribution in [0.1, 0.15) is 30.6 Å². The number of aliphatic hydroxyl groups is 1. The van der Waals surface area contributed by atoms with E-state index in [2.05, 4.69) is 25.1 Å². The molecule has 0 bridgehead atoms. The summed E-state index contributed by atoms with van der Waals surface area (Å²) < 4.78 is 0. The standard InChI is InChI=1S/C11H12O/c1-11-6-9(11)10(12)7-4-2-3-5-8(7)11/h2-5,9-10,12H,6H2,1H3. The molecule has 3 unspecified atom stereocenters. The molecule has 2 aliphatic rings. The summed E-state index contributed by atoms with van der Waals surface area (Å²) in [7, 11) is 0. The van der Waals surface area contributed by atoms with Gasteiger partial charge in [0.1, 0.15) is 0 Å². The Morgan fingerprint density at radius 3 is 2.92 bits per heavy atom. The van der Waals surface area contributed by atoms with Crippen molar-refractivity contribution in [1.82, 2.24) is 0 Å². The van der Waals surface area contributed by atoms with E-state index in [4.69, 9.17) is 0 Å². The lowest BCUT2D eigenvalue weighted by Crippen LogP contribution is -1.98. The molecule has 2 aliphatic carbocycles. The van der Waals surface area contributed by atoms with Gasteiger partial charge in [-0.2, -0.15) is 0 Å². The first-order valence-electron chi connectivity index (χ1n) is 4.51. The van der Waals surface area contributed by atoms with Crippen molar-refractivity contribution >= 4 is 0 Å². The third-order valence-corrected chi connectivity index (χ3v) is 3.58. The van der Waals surface area contributed by atoms with Gasteiger partial charge < -0.3 is 5.11 Å². The van der Waals surface area contributed by atoms with E-state index in [-0.39, 0.29) is 6.10 Å². The molecule has 1 saturated carbocycles. The summed E-state index contributed by atoms with van der Waals surface area (Å²) in [5.41, 5.74) is 2.86. The van der Waals surface area contributed by atoms with Gasteiger partial charge in [-0.15, -0.1) is 0 Å². The van der Waals surface area contributed by atoms with Crippen LogP contribution < -0.4 is 0 Å². The van der Waals surface area contributed by atoms with Gasteiger partial charge in [0.15, 0.2) is 0 Å². The smallest absolute Gasteiger partial charge is 0.0829 e. The minimum atomic E-state index is -0.189. The Morgan fingerprint density at radius 2 is 2.17 bits per heavy atom. The van der Waals surface area contributed by atoms with E-state index in [9.17, 15) is 5.11 Å². The van der Waals surface area contributed by atoms with Crippen molar-refractivity contribution in [2.75, 3.05) is 0 Å². The van der Waals surface area contributed by atoms with E-state index in [1.54, 1.807) is 0 Å². The van der Waals surface area contributed by atoms with Crippen molar-refractivity contribution in [3.63, 3.8) is 0 Å². The van der Waals surface area contributed by atoms with E-state index < -0.39 is 0 Å². The molecule has 12 heavy (non-hydrogen) atoms. The third kappa shape index (κ3) is 0.558. The zero-order valence-corrected chi connectivity index (χ0v) is 7.12. The first-order chi connectivity index (χ1) is 5.73. The monoisotopic (exact) mass is 160 g/mol. The molecule has 0 spiro atoms. The lowest BCUT2D eigenvalue weighted by Gasteiger charge is -2.08. The summed E-state index contributed by atoms with van der Waals surface area (Å²) in [6.45, 7) is 2.26. The fraction of sp³-hybridized carbons (Fsp3) is 0.455. The molecule has 0 aromatic heterocycles. The number of benzene rings is 1. The van der Waals surface area contributed by atoms with Crippen LogP contribution in [0.3, 0.4) is 0 Å². The Hall–Kier alpha value is -0.820. The number of hydrogen-bond acceptors (Lipinski definition) is 1. The predicted octanol–water partition coefficient (Wildman–Crippen LogP) is 2.01. The molecule has 1 N–H and O–H groups in total. The zero-order chi connectivity index (χ0) is 8.34. The highest BCUT2D eigenvalue weighted by molar-refractivity contribution is 5.48. The van der Waals surface area contributed by atoms with Crippen LogP contribution in [0.5, 0.6) is 0 Å². The van der Waals surface area contributed by atoms with E-state index >= 15 is 0 Å². The summed E-state index contributed by atoms with van der Waals surface area (Å²) in [6.07, 6.45) is 0.983. The van der Waals surface area contributed by atoms with Crippen molar-refractivity contribution < 1.29 is 5.11 Å². The topological polar surface area (TPSA) is 20.2 Å². The lowest BCUT2D eigenvalue weighted by atomic mass is 9.98. The van der Waals surface area contributed by atoms with Crippen LogP contribution in [0, 0.1) is 5.92 Å². The highest BCUT2D eigenvalue weighted by Crippen LogP contribution is 2.65. The van der Waals surface area contributed by atoms with Gasteiger partial charge in [0.2, 0.25) is 0 Å². The van der Waals surface area contributed by atoms with E-state index in [0.717, 1.165) is 5.56 Å². The second kappa shape index (κ2) is 1.74. The minimum absolute atomic E-state index is 0.189. The molecular weight excluding hydrogens is 148 g/mol. The molecule has 1 aromatic rings. The zero-order valence-electron chi connectivity index (χ0n) is 7.12. The van der Waals surface area contributed by atoms with Gasteiger partial charge in [-0.05, 0) is 28.9 Å². The normalized spacial score (nSPS) is 42.2. The molecule has 0 saturated heterocycles. The molecule has 1 aromatic carbocycles. The molecule has 0 amide bonds. The van der Waals surface area contributed by atoms with Gasteiger partial charge in [-0.3, -0.25) is 0 Å². The van der Waals surface area contributed by atoms with Gasteiger partial charge in [-0.1, -0.05) is 31.2 Å². The summed E-state index contributed by atoms with van der Waals surface area (Å²) >= 11 is 0. The second-order valence-electron chi connectivity index (χ2n) is 4.26. The molecule has 0 heterocycles. The molecule has 3 rings (SSSR count). The van der Waals surface area contributed by atoms with Gasteiger partial charge in [0.25, 0.3) is 0 Å². The Balaban J connectivity index is 2.25. The van der Waals surface area contributed by atoms with E-state index in [1.807, 2.05) is 6.07 Å². The van der Waals surface area contributed by atoms with Crippen LogP contribution in [0.15, 0.2) is 24.3 Å². The Morgan fingerprint density at radius 1 is 1.42 bits per heavy atom. The van der Waals surface area contributed by atoms with Crippen molar-refractivity contribution in [2.45, 2.75) is 24.9 Å².